The van der Waals surface area contributed by atoms with Crippen LogP contribution in [0.25, 0.3) is 0 Å². The lowest BCUT2D eigenvalue weighted by atomic mass is 9.97. The molecule has 2 N–H and O–H groups in total. The largest absolute Gasteiger partial charge is 0.448 e. The summed E-state index contributed by atoms with van der Waals surface area (Å²) in [4.78, 5) is 24.0. The smallest absolute Gasteiger partial charge is 0.409 e. The molecule has 0 spiro atoms. The predicted molar refractivity (Wildman–Crippen MR) is 63.8 cm³/mol. The summed E-state index contributed by atoms with van der Waals surface area (Å²) < 4.78 is 4.77. The third-order valence-corrected chi connectivity index (χ3v) is 2.29. The first-order chi connectivity index (χ1) is 7.88. The Balaban J connectivity index is 2.10. The fraction of sp³-hybridized carbons (Fsp3) is 0.818. The summed E-state index contributed by atoms with van der Waals surface area (Å²) in [5.74, 6) is 0. The molecule has 3 amide bonds. The van der Waals surface area contributed by atoms with E-state index < -0.39 is 0 Å². The summed E-state index contributed by atoms with van der Waals surface area (Å²) in [7, 11) is 0. The second-order valence-electron chi connectivity index (χ2n) is 5.27. The van der Waals surface area contributed by atoms with Crippen LogP contribution in [0, 0.1) is 5.41 Å². The maximum atomic E-state index is 11.4. The molecule has 1 aliphatic heterocycles. The number of ether oxygens (including phenoxy) is 1. The quantitative estimate of drug-likeness (QED) is 0.766. The Labute approximate surface area is 102 Å². The minimum atomic E-state index is -0.304. The highest BCUT2D eigenvalue weighted by atomic mass is 16.6. The predicted octanol–water partition coefficient (Wildman–Crippen LogP) is 0.784. The Hall–Kier alpha value is -1.46. The van der Waals surface area contributed by atoms with Gasteiger partial charge < -0.3 is 20.3 Å². The topological polar surface area (TPSA) is 70.7 Å². The fourth-order valence-corrected chi connectivity index (χ4v) is 1.34. The number of nitrogens with one attached hydrogen (secondary N) is 2. The van der Waals surface area contributed by atoms with Crippen LogP contribution in [-0.4, -0.2) is 49.8 Å². The average Bonchev–Trinajstić information content (AvgIpc) is 2.61. The summed E-state index contributed by atoms with van der Waals surface area (Å²) in [6, 6.07) is -0.201. The summed E-state index contributed by atoms with van der Waals surface area (Å²) in [5.41, 5.74) is 0.0656. The van der Waals surface area contributed by atoms with E-state index in [-0.39, 0.29) is 17.5 Å². The third-order valence-electron chi connectivity index (χ3n) is 2.29. The Morgan fingerprint density at radius 3 is 2.65 bits per heavy atom. The molecule has 1 saturated heterocycles. The zero-order valence-electron chi connectivity index (χ0n) is 10.7. The van der Waals surface area contributed by atoms with Crippen molar-refractivity contribution in [2.45, 2.75) is 20.8 Å². The number of hydrogen-bond acceptors (Lipinski definition) is 3. The first kappa shape index (κ1) is 13.6. The Morgan fingerprint density at radius 1 is 1.41 bits per heavy atom. The molecule has 0 aromatic carbocycles. The summed E-state index contributed by atoms with van der Waals surface area (Å²) >= 11 is 0. The first-order valence-electron chi connectivity index (χ1n) is 5.82. The van der Waals surface area contributed by atoms with Gasteiger partial charge >= 0.3 is 12.1 Å². The molecule has 6 heteroatoms. The van der Waals surface area contributed by atoms with Gasteiger partial charge in [0.1, 0.15) is 6.61 Å². The number of amides is 3. The van der Waals surface area contributed by atoms with Gasteiger partial charge in [0.05, 0.1) is 6.54 Å². The highest BCUT2D eigenvalue weighted by molar-refractivity contribution is 5.74. The van der Waals surface area contributed by atoms with Gasteiger partial charge in [0.2, 0.25) is 0 Å². The standard InChI is InChI=1S/C11H21N3O3/c1-11(2,3)8-13-9(15)12-4-5-14-6-7-17-10(14)16/h4-8H2,1-3H3,(H2,12,13,15). The van der Waals surface area contributed by atoms with E-state index in [0.717, 1.165) is 0 Å². The van der Waals surface area contributed by atoms with Crippen molar-refractivity contribution >= 4 is 12.1 Å². The van der Waals surface area contributed by atoms with Crippen molar-refractivity contribution in [1.82, 2.24) is 15.5 Å². The van der Waals surface area contributed by atoms with Gasteiger partial charge in [-0.1, -0.05) is 20.8 Å². The SMILES string of the molecule is CC(C)(C)CNC(=O)NCCN1CCOC1=O. The molecule has 0 unspecified atom stereocenters. The zero-order valence-corrected chi connectivity index (χ0v) is 10.7. The van der Waals surface area contributed by atoms with Crippen LogP contribution >= 0.6 is 0 Å². The lowest BCUT2D eigenvalue weighted by Gasteiger charge is -2.19. The average molecular weight is 243 g/mol. The number of carbonyl (C=O) groups excluding carboxylic acids is 2. The Morgan fingerprint density at radius 2 is 2.12 bits per heavy atom. The van der Waals surface area contributed by atoms with Crippen molar-refractivity contribution in [3.05, 3.63) is 0 Å². The molecule has 0 aromatic rings. The molecule has 98 valence electrons. The molecule has 0 saturated carbocycles. The molecule has 0 aromatic heterocycles. The van der Waals surface area contributed by atoms with Gasteiger partial charge in [0.25, 0.3) is 0 Å². The van der Waals surface area contributed by atoms with E-state index in [0.29, 0.717) is 32.8 Å². The number of hydrogen-bond donors (Lipinski definition) is 2. The lowest BCUT2D eigenvalue weighted by Crippen LogP contribution is -2.43. The first-order valence-corrected chi connectivity index (χ1v) is 5.82. The highest BCUT2D eigenvalue weighted by Crippen LogP contribution is 2.09. The second kappa shape index (κ2) is 5.75. The van der Waals surface area contributed by atoms with Crippen LogP contribution in [0.1, 0.15) is 20.8 Å². The summed E-state index contributed by atoms with van der Waals surface area (Å²) in [5, 5.41) is 5.48. The zero-order chi connectivity index (χ0) is 12.9. The van der Waals surface area contributed by atoms with Crippen molar-refractivity contribution in [3.63, 3.8) is 0 Å². The molecule has 0 aliphatic carbocycles. The molecule has 0 radical (unpaired) electrons. The van der Waals surface area contributed by atoms with Gasteiger partial charge in [-0.05, 0) is 5.41 Å². The van der Waals surface area contributed by atoms with Crippen molar-refractivity contribution < 1.29 is 14.3 Å². The maximum Gasteiger partial charge on any atom is 0.409 e. The molecule has 1 heterocycles. The van der Waals surface area contributed by atoms with Crippen LogP contribution in [0.3, 0.4) is 0 Å². The monoisotopic (exact) mass is 243 g/mol. The normalized spacial score (nSPS) is 15.7. The van der Waals surface area contributed by atoms with Crippen LogP contribution in [0.2, 0.25) is 0 Å². The van der Waals surface area contributed by atoms with E-state index in [4.69, 9.17) is 4.74 Å². The molecule has 0 bridgehead atoms. The van der Waals surface area contributed by atoms with Gasteiger partial charge in [-0.2, -0.15) is 0 Å². The number of carbonyl (C=O) groups is 2. The maximum absolute atomic E-state index is 11.4. The molecule has 1 fully saturated rings. The molecule has 1 rings (SSSR count). The Bertz CT molecular complexity index is 286. The molecule has 6 nitrogen and oxygen atoms in total. The van der Waals surface area contributed by atoms with Crippen LogP contribution in [0.5, 0.6) is 0 Å². The van der Waals surface area contributed by atoms with Crippen LogP contribution in [-0.2, 0) is 4.74 Å². The van der Waals surface area contributed by atoms with Crippen molar-refractivity contribution in [2.75, 3.05) is 32.8 Å². The van der Waals surface area contributed by atoms with Crippen molar-refractivity contribution in [3.8, 4) is 0 Å². The number of cyclic esters (lactones) is 1. The van der Waals surface area contributed by atoms with Crippen LogP contribution in [0.15, 0.2) is 0 Å². The van der Waals surface area contributed by atoms with Gasteiger partial charge in [-0.15, -0.1) is 0 Å². The molecule has 17 heavy (non-hydrogen) atoms. The minimum Gasteiger partial charge on any atom is -0.448 e. The number of rotatable bonds is 4. The third kappa shape index (κ3) is 5.42. The Kier molecular flexibility index (Phi) is 4.60. The van der Waals surface area contributed by atoms with Crippen molar-refractivity contribution in [1.29, 1.82) is 0 Å². The van der Waals surface area contributed by atoms with Gasteiger partial charge in [-0.3, -0.25) is 0 Å². The number of urea groups is 1. The van der Waals surface area contributed by atoms with Gasteiger partial charge in [0, 0.05) is 19.6 Å². The minimum absolute atomic E-state index is 0.0656. The van der Waals surface area contributed by atoms with E-state index in [1.54, 1.807) is 4.90 Å². The van der Waals surface area contributed by atoms with E-state index in [9.17, 15) is 9.59 Å². The van der Waals surface area contributed by atoms with E-state index >= 15 is 0 Å². The van der Waals surface area contributed by atoms with Crippen molar-refractivity contribution in [2.24, 2.45) is 5.41 Å². The van der Waals surface area contributed by atoms with Gasteiger partial charge in [0.15, 0.2) is 0 Å². The molecule has 0 atom stereocenters. The van der Waals surface area contributed by atoms with Crippen LogP contribution in [0.4, 0.5) is 9.59 Å². The molecular formula is C11H21N3O3. The molecule has 1 aliphatic rings. The van der Waals surface area contributed by atoms with Gasteiger partial charge in [-0.25, -0.2) is 9.59 Å². The summed E-state index contributed by atoms with van der Waals surface area (Å²) in [6.07, 6.45) is -0.304. The lowest BCUT2D eigenvalue weighted by molar-refractivity contribution is 0.158. The number of nitrogens with zero attached hydrogens (tertiary/aromatic N) is 1. The summed E-state index contributed by atoms with van der Waals surface area (Å²) in [6.45, 7) is 8.73. The van der Waals surface area contributed by atoms with E-state index in [2.05, 4.69) is 10.6 Å². The fourth-order valence-electron chi connectivity index (χ4n) is 1.34. The van der Waals surface area contributed by atoms with E-state index in [1.807, 2.05) is 20.8 Å². The second-order valence-corrected chi connectivity index (χ2v) is 5.27. The van der Waals surface area contributed by atoms with E-state index in [1.165, 1.54) is 0 Å². The molecular weight excluding hydrogens is 222 g/mol. The van der Waals surface area contributed by atoms with Crippen LogP contribution < -0.4 is 10.6 Å². The highest BCUT2D eigenvalue weighted by Gasteiger charge is 2.21.